The molecule has 30 heavy (non-hydrogen) atoms. The summed E-state index contributed by atoms with van der Waals surface area (Å²) < 4.78 is 27.2. The van der Waals surface area contributed by atoms with E-state index < -0.39 is 15.9 Å². The Hall–Kier alpha value is -2.71. The van der Waals surface area contributed by atoms with Crippen LogP contribution in [-0.2, 0) is 19.6 Å². The summed E-state index contributed by atoms with van der Waals surface area (Å²) in [6.07, 6.45) is 2.65. The van der Waals surface area contributed by atoms with E-state index in [0.29, 0.717) is 38.0 Å². The number of piperidine rings is 1. The third kappa shape index (κ3) is 4.24. The van der Waals surface area contributed by atoms with E-state index >= 15 is 0 Å². The van der Waals surface area contributed by atoms with Crippen molar-refractivity contribution in [2.75, 3.05) is 29.9 Å². The Morgan fingerprint density at radius 3 is 2.53 bits per heavy atom. The minimum absolute atomic E-state index is 0.0903. The third-order valence-electron chi connectivity index (χ3n) is 5.63. The second-order valence-corrected chi connectivity index (χ2v) is 9.64. The number of hydrogen-bond donors (Lipinski definition) is 1. The predicted octanol–water partition coefficient (Wildman–Crippen LogP) is 2.85. The van der Waals surface area contributed by atoms with Gasteiger partial charge in [0.2, 0.25) is 21.8 Å². The van der Waals surface area contributed by atoms with E-state index in [2.05, 4.69) is 5.32 Å². The van der Waals surface area contributed by atoms with Gasteiger partial charge in [-0.1, -0.05) is 24.3 Å². The van der Waals surface area contributed by atoms with Crippen LogP contribution in [0, 0.1) is 5.92 Å². The molecule has 0 aromatic heterocycles. The van der Waals surface area contributed by atoms with Gasteiger partial charge < -0.3 is 10.2 Å². The lowest BCUT2D eigenvalue weighted by molar-refractivity contribution is -0.121. The molecule has 0 bridgehead atoms. The van der Waals surface area contributed by atoms with Gasteiger partial charge in [0, 0.05) is 37.4 Å². The van der Waals surface area contributed by atoms with E-state index in [1.807, 2.05) is 12.1 Å². The van der Waals surface area contributed by atoms with Gasteiger partial charge in [-0.3, -0.25) is 9.59 Å². The summed E-state index contributed by atoms with van der Waals surface area (Å²) >= 11 is 0. The standard InChI is InChI=1S/C22H25N3O4S/c26-21-12-6-14-25(21)19-9-4-8-18(15-19)23-22(27)17-7-5-13-24(16-17)30(28,29)20-10-2-1-3-11-20/h1-4,8-11,15,17H,5-7,12-14,16H2,(H,23,27). The highest BCUT2D eigenvalue weighted by Crippen LogP contribution is 2.27. The van der Waals surface area contributed by atoms with Crippen LogP contribution in [0.1, 0.15) is 25.7 Å². The summed E-state index contributed by atoms with van der Waals surface area (Å²) in [6.45, 7) is 1.26. The molecule has 0 saturated carbocycles. The topological polar surface area (TPSA) is 86.8 Å². The van der Waals surface area contributed by atoms with Gasteiger partial charge in [-0.25, -0.2) is 8.42 Å². The zero-order chi connectivity index (χ0) is 21.1. The van der Waals surface area contributed by atoms with Gasteiger partial charge in [0.05, 0.1) is 10.8 Å². The number of carbonyl (C=O) groups is 2. The summed E-state index contributed by atoms with van der Waals surface area (Å²) in [5.41, 5.74) is 1.38. The largest absolute Gasteiger partial charge is 0.326 e. The Morgan fingerprint density at radius 1 is 1.00 bits per heavy atom. The number of nitrogens with zero attached hydrogens (tertiary/aromatic N) is 2. The second kappa shape index (κ2) is 8.57. The highest BCUT2D eigenvalue weighted by molar-refractivity contribution is 7.89. The van der Waals surface area contributed by atoms with Crippen LogP contribution in [-0.4, -0.2) is 44.2 Å². The molecule has 0 aliphatic carbocycles. The summed E-state index contributed by atoms with van der Waals surface area (Å²) in [6, 6.07) is 15.5. The number of carbonyl (C=O) groups excluding carboxylic acids is 2. The number of anilines is 2. The molecule has 1 unspecified atom stereocenters. The number of rotatable bonds is 5. The third-order valence-corrected chi connectivity index (χ3v) is 7.51. The van der Waals surface area contributed by atoms with Crippen molar-refractivity contribution in [3.8, 4) is 0 Å². The Kier molecular flexibility index (Phi) is 5.87. The minimum atomic E-state index is -3.62. The number of hydrogen-bond acceptors (Lipinski definition) is 4. The first-order chi connectivity index (χ1) is 14.4. The Morgan fingerprint density at radius 2 is 1.80 bits per heavy atom. The molecule has 1 N–H and O–H groups in total. The Bertz CT molecular complexity index is 1040. The summed E-state index contributed by atoms with van der Waals surface area (Å²) in [5, 5.41) is 2.90. The quantitative estimate of drug-likeness (QED) is 0.795. The van der Waals surface area contributed by atoms with E-state index in [1.54, 1.807) is 47.4 Å². The van der Waals surface area contributed by atoms with Crippen LogP contribution in [0.4, 0.5) is 11.4 Å². The van der Waals surface area contributed by atoms with E-state index in [0.717, 1.165) is 12.1 Å². The molecule has 8 heteroatoms. The zero-order valence-corrected chi connectivity index (χ0v) is 17.5. The molecule has 2 amide bonds. The Labute approximate surface area is 176 Å². The maximum Gasteiger partial charge on any atom is 0.243 e. The van der Waals surface area contributed by atoms with Crippen molar-refractivity contribution in [3.05, 3.63) is 54.6 Å². The van der Waals surface area contributed by atoms with Crippen molar-refractivity contribution in [1.82, 2.24) is 4.31 Å². The molecule has 158 valence electrons. The molecule has 0 radical (unpaired) electrons. The normalized spacial score (nSPS) is 20.3. The molecular formula is C22H25N3O4S. The van der Waals surface area contributed by atoms with Crippen molar-refractivity contribution >= 4 is 33.2 Å². The van der Waals surface area contributed by atoms with E-state index in [-0.39, 0.29) is 23.3 Å². The van der Waals surface area contributed by atoms with Crippen molar-refractivity contribution in [3.63, 3.8) is 0 Å². The average molecular weight is 428 g/mol. The lowest BCUT2D eigenvalue weighted by Crippen LogP contribution is -2.43. The fourth-order valence-corrected chi connectivity index (χ4v) is 5.58. The SMILES string of the molecule is O=C(Nc1cccc(N2CCCC2=O)c1)C1CCCN(S(=O)(=O)c2ccccc2)C1. The highest BCUT2D eigenvalue weighted by Gasteiger charge is 2.33. The predicted molar refractivity (Wildman–Crippen MR) is 115 cm³/mol. The number of benzene rings is 2. The molecule has 4 rings (SSSR count). The molecule has 2 saturated heterocycles. The molecule has 2 aliphatic heterocycles. The highest BCUT2D eigenvalue weighted by atomic mass is 32.2. The molecule has 7 nitrogen and oxygen atoms in total. The van der Waals surface area contributed by atoms with E-state index in [4.69, 9.17) is 0 Å². The smallest absolute Gasteiger partial charge is 0.243 e. The Balaban J connectivity index is 1.45. The molecule has 2 aromatic rings. The van der Waals surface area contributed by atoms with Gasteiger partial charge in [0.15, 0.2) is 0 Å². The van der Waals surface area contributed by atoms with Crippen LogP contribution in [0.2, 0.25) is 0 Å². The van der Waals surface area contributed by atoms with Gasteiger partial charge in [-0.05, 0) is 49.6 Å². The molecule has 2 heterocycles. The lowest BCUT2D eigenvalue weighted by Gasteiger charge is -2.31. The number of amides is 2. The molecular weight excluding hydrogens is 402 g/mol. The molecule has 2 aliphatic rings. The summed E-state index contributed by atoms with van der Waals surface area (Å²) in [4.78, 5) is 26.8. The van der Waals surface area contributed by atoms with Gasteiger partial charge >= 0.3 is 0 Å². The first kappa shape index (κ1) is 20.6. The fourth-order valence-electron chi connectivity index (χ4n) is 4.03. The van der Waals surface area contributed by atoms with E-state index in [1.165, 1.54) is 4.31 Å². The molecule has 1 atom stereocenters. The van der Waals surface area contributed by atoms with Crippen molar-refractivity contribution in [1.29, 1.82) is 0 Å². The van der Waals surface area contributed by atoms with Gasteiger partial charge in [-0.15, -0.1) is 0 Å². The first-order valence-corrected chi connectivity index (χ1v) is 11.7. The van der Waals surface area contributed by atoms with Crippen LogP contribution in [0.5, 0.6) is 0 Å². The van der Waals surface area contributed by atoms with Crippen molar-refractivity contribution < 1.29 is 18.0 Å². The van der Waals surface area contributed by atoms with Crippen LogP contribution >= 0.6 is 0 Å². The lowest BCUT2D eigenvalue weighted by atomic mass is 9.98. The number of sulfonamides is 1. The maximum atomic E-state index is 12.9. The first-order valence-electron chi connectivity index (χ1n) is 10.2. The second-order valence-electron chi connectivity index (χ2n) is 7.70. The zero-order valence-electron chi connectivity index (χ0n) is 16.7. The summed E-state index contributed by atoms with van der Waals surface area (Å²) in [7, 11) is -3.62. The monoisotopic (exact) mass is 427 g/mol. The van der Waals surface area contributed by atoms with Crippen LogP contribution in [0.3, 0.4) is 0 Å². The van der Waals surface area contributed by atoms with Crippen molar-refractivity contribution in [2.24, 2.45) is 5.92 Å². The van der Waals surface area contributed by atoms with E-state index in [9.17, 15) is 18.0 Å². The van der Waals surface area contributed by atoms with Crippen LogP contribution in [0.25, 0.3) is 0 Å². The molecule has 2 fully saturated rings. The van der Waals surface area contributed by atoms with Gasteiger partial charge in [0.1, 0.15) is 0 Å². The van der Waals surface area contributed by atoms with Crippen LogP contribution < -0.4 is 10.2 Å². The molecule has 2 aromatic carbocycles. The number of nitrogens with one attached hydrogen (secondary N) is 1. The average Bonchev–Trinajstić information content (AvgIpc) is 3.20. The maximum absolute atomic E-state index is 12.9. The summed E-state index contributed by atoms with van der Waals surface area (Å²) in [5.74, 6) is -0.533. The fraction of sp³-hybridized carbons (Fsp3) is 0.364. The van der Waals surface area contributed by atoms with Crippen LogP contribution in [0.15, 0.2) is 59.5 Å². The van der Waals surface area contributed by atoms with Gasteiger partial charge in [0.25, 0.3) is 0 Å². The van der Waals surface area contributed by atoms with Gasteiger partial charge in [-0.2, -0.15) is 4.31 Å². The minimum Gasteiger partial charge on any atom is -0.326 e. The molecule has 0 spiro atoms. The van der Waals surface area contributed by atoms with Crippen molar-refractivity contribution in [2.45, 2.75) is 30.6 Å².